The van der Waals surface area contributed by atoms with Gasteiger partial charge in [-0.05, 0) is 31.0 Å². The van der Waals surface area contributed by atoms with Gasteiger partial charge in [0.2, 0.25) is 0 Å². The normalized spacial score (nSPS) is 11.5. The van der Waals surface area contributed by atoms with Gasteiger partial charge in [0, 0.05) is 4.90 Å². The second-order valence-electron chi connectivity index (χ2n) is 5.80. The van der Waals surface area contributed by atoms with E-state index in [1.165, 1.54) is 13.0 Å². The van der Waals surface area contributed by atoms with Gasteiger partial charge in [0.15, 0.2) is 12.4 Å². The van der Waals surface area contributed by atoms with Crippen LogP contribution in [0.3, 0.4) is 0 Å². The van der Waals surface area contributed by atoms with E-state index in [9.17, 15) is 18.8 Å². The Bertz CT molecular complexity index is 798. The van der Waals surface area contributed by atoms with Crippen LogP contribution >= 0.6 is 11.8 Å². The number of rotatable bonds is 9. The van der Waals surface area contributed by atoms with Crippen molar-refractivity contribution < 1.29 is 23.5 Å². The maximum Gasteiger partial charge on any atom is 0.316 e. The molecule has 2 aromatic rings. The molecule has 1 N–H and O–H groups in total. The molecule has 0 unspecified atom stereocenters. The molecule has 7 heteroatoms. The fourth-order valence-electron chi connectivity index (χ4n) is 2.27. The van der Waals surface area contributed by atoms with Gasteiger partial charge in [-0.2, -0.15) is 0 Å². The first-order valence-electron chi connectivity index (χ1n) is 8.32. The van der Waals surface area contributed by atoms with Crippen LogP contribution in [0, 0.1) is 5.82 Å². The van der Waals surface area contributed by atoms with Crippen LogP contribution < -0.4 is 5.32 Å². The molecule has 0 aliphatic carbocycles. The van der Waals surface area contributed by atoms with E-state index in [0.29, 0.717) is 11.3 Å². The number of hydrogen-bond acceptors (Lipinski definition) is 5. The van der Waals surface area contributed by atoms with Gasteiger partial charge in [-0.15, -0.1) is 11.8 Å². The number of ketones is 1. The lowest BCUT2D eigenvalue weighted by atomic mass is 10.0. The lowest BCUT2D eigenvalue weighted by Crippen LogP contribution is -2.43. The molecule has 0 aliphatic heterocycles. The van der Waals surface area contributed by atoms with Crippen LogP contribution in [0.5, 0.6) is 0 Å². The van der Waals surface area contributed by atoms with Crippen molar-refractivity contribution in [2.75, 3.05) is 12.4 Å². The highest BCUT2D eigenvalue weighted by atomic mass is 32.2. The Balaban J connectivity index is 1.77. The van der Waals surface area contributed by atoms with Crippen LogP contribution in [0.15, 0.2) is 59.5 Å². The number of carbonyl (C=O) groups is 3. The molecule has 0 heterocycles. The highest BCUT2D eigenvalue weighted by molar-refractivity contribution is 8.00. The van der Waals surface area contributed by atoms with Crippen molar-refractivity contribution in [3.63, 3.8) is 0 Å². The molecule has 0 saturated heterocycles. The van der Waals surface area contributed by atoms with Gasteiger partial charge in [0.05, 0.1) is 11.8 Å². The summed E-state index contributed by atoms with van der Waals surface area (Å²) in [6, 6.07) is 14.7. The third-order valence-electron chi connectivity index (χ3n) is 3.66. The van der Waals surface area contributed by atoms with Gasteiger partial charge < -0.3 is 10.1 Å². The molecule has 5 nitrogen and oxygen atoms in total. The van der Waals surface area contributed by atoms with E-state index in [2.05, 4.69) is 5.32 Å². The number of amides is 1. The van der Waals surface area contributed by atoms with Gasteiger partial charge in [0.25, 0.3) is 5.91 Å². The highest BCUT2D eigenvalue weighted by Gasteiger charge is 2.18. The molecule has 1 atom stereocenters. The van der Waals surface area contributed by atoms with E-state index in [1.54, 1.807) is 18.2 Å². The van der Waals surface area contributed by atoms with E-state index in [4.69, 9.17) is 4.74 Å². The zero-order valence-corrected chi connectivity index (χ0v) is 15.6. The second kappa shape index (κ2) is 10.5. The fraction of sp³-hybridized carbons (Fsp3) is 0.250. The Morgan fingerprint density at radius 3 is 2.41 bits per heavy atom. The summed E-state index contributed by atoms with van der Waals surface area (Å²) in [5.74, 6) is -1.92. The average Bonchev–Trinajstić information content (AvgIpc) is 2.66. The van der Waals surface area contributed by atoms with Crippen LogP contribution in [0.25, 0.3) is 0 Å². The molecule has 1 amide bonds. The molecule has 2 aromatic carbocycles. The zero-order chi connectivity index (χ0) is 19.6. The molecule has 0 bridgehead atoms. The predicted octanol–water partition coefficient (Wildman–Crippen LogP) is 2.78. The fourth-order valence-corrected chi connectivity index (χ4v) is 3.01. The molecule has 2 rings (SSSR count). The minimum absolute atomic E-state index is 0.117. The van der Waals surface area contributed by atoms with Crippen LogP contribution in [-0.4, -0.2) is 36.1 Å². The van der Waals surface area contributed by atoms with E-state index in [-0.39, 0.29) is 11.5 Å². The Hall–Kier alpha value is -2.67. The van der Waals surface area contributed by atoms with Gasteiger partial charge in [0.1, 0.15) is 5.82 Å². The van der Waals surface area contributed by atoms with Crippen molar-refractivity contribution in [1.29, 1.82) is 0 Å². The van der Waals surface area contributed by atoms with Crippen LogP contribution in [0.1, 0.15) is 12.5 Å². The first kappa shape index (κ1) is 20.6. The van der Waals surface area contributed by atoms with Crippen molar-refractivity contribution in [2.45, 2.75) is 24.3 Å². The smallest absolute Gasteiger partial charge is 0.316 e. The number of benzene rings is 2. The van der Waals surface area contributed by atoms with Gasteiger partial charge in [-0.1, -0.05) is 42.5 Å². The van der Waals surface area contributed by atoms with Gasteiger partial charge >= 0.3 is 5.97 Å². The van der Waals surface area contributed by atoms with E-state index in [0.717, 1.165) is 17.3 Å². The monoisotopic (exact) mass is 389 g/mol. The number of ether oxygens (including phenoxy) is 1. The lowest BCUT2D eigenvalue weighted by Gasteiger charge is -2.16. The molecule has 27 heavy (non-hydrogen) atoms. The minimum atomic E-state index is -0.689. The standard InChI is InChI=1S/C20H20FNO4S/c1-14(23)17(11-15-7-3-2-4-8-15)22-19(24)12-26-20(25)13-27-18-10-6-5-9-16(18)21/h2-10,17H,11-13H2,1H3,(H,22,24)/t17-/m1/s1. The Labute approximate surface area is 161 Å². The molecule has 0 spiro atoms. The van der Waals surface area contributed by atoms with E-state index < -0.39 is 30.3 Å². The molecule has 0 fully saturated rings. The Morgan fingerprint density at radius 1 is 1.07 bits per heavy atom. The van der Waals surface area contributed by atoms with Crippen LogP contribution in [0.4, 0.5) is 4.39 Å². The molecule has 142 valence electrons. The third kappa shape index (κ3) is 7.22. The van der Waals surface area contributed by atoms with Crippen molar-refractivity contribution in [2.24, 2.45) is 0 Å². The van der Waals surface area contributed by atoms with Crippen molar-refractivity contribution in [1.82, 2.24) is 5.32 Å². The zero-order valence-electron chi connectivity index (χ0n) is 14.8. The Morgan fingerprint density at radius 2 is 1.74 bits per heavy atom. The number of thioether (sulfide) groups is 1. The number of hydrogen-bond donors (Lipinski definition) is 1. The molecule has 0 saturated carbocycles. The number of Topliss-reactive ketones (excluding diaryl/α,β-unsaturated/α-hetero) is 1. The van der Waals surface area contributed by atoms with Gasteiger partial charge in [-0.3, -0.25) is 14.4 Å². The van der Waals surface area contributed by atoms with Crippen LogP contribution in [-0.2, 0) is 25.5 Å². The summed E-state index contributed by atoms with van der Waals surface area (Å²) in [5, 5.41) is 2.57. The molecule has 0 aromatic heterocycles. The quantitative estimate of drug-likeness (QED) is 0.527. The number of nitrogens with one attached hydrogen (secondary N) is 1. The maximum atomic E-state index is 13.5. The molecule has 0 aliphatic rings. The molecule has 0 radical (unpaired) electrons. The van der Waals surface area contributed by atoms with Gasteiger partial charge in [-0.25, -0.2) is 4.39 Å². The van der Waals surface area contributed by atoms with Crippen molar-refractivity contribution in [3.05, 3.63) is 66.0 Å². The summed E-state index contributed by atoms with van der Waals surface area (Å²) < 4.78 is 18.4. The number of carbonyl (C=O) groups excluding carboxylic acids is 3. The van der Waals surface area contributed by atoms with Crippen molar-refractivity contribution >= 4 is 29.4 Å². The van der Waals surface area contributed by atoms with E-state index in [1.807, 2.05) is 30.3 Å². The number of esters is 1. The summed E-state index contributed by atoms with van der Waals surface area (Å²) in [6.07, 6.45) is 0.360. The summed E-state index contributed by atoms with van der Waals surface area (Å²) in [6.45, 7) is 0.903. The summed E-state index contributed by atoms with van der Waals surface area (Å²) in [5.41, 5.74) is 0.913. The predicted molar refractivity (Wildman–Crippen MR) is 101 cm³/mol. The average molecular weight is 389 g/mol. The topological polar surface area (TPSA) is 72.5 Å². The third-order valence-corrected chi connectivity index (χ3v) is 4.68. The second-order valence-corrected chi connectivity index (χ2v) is 6.82. The number of halogens is 1. The lowest BCUT2D eigenvalue weighted by molar-refractivity contribution is -0.146. The maximum absolute atomic E-state index is 13.5. The largest absolute Gasteiger partial charge is 0.455 e. The summed E-state index contributed by atoms with van der Waals surface area (Å²) in [7, 11) is 0. The van der Waals surface area contributed by atoms with Crippen LogP contribution in [0.2, 0.25) is 0 Å². The minimum Gasteiger partial charge on any atom is -0.455 e. The highest BCUT2D eigenvalue weighted by Crippen LogP contribution is 2.20. The molecular weight excluding hydrogens is 369 g/mol. The Kier molecular flexibility index (Phi) is 8.00. The summed E-state index contributed by atoms with van der Waals surface area (Å²) in [4.78, 5) is 35.8. The SMILES string of the molecule is CC(=O)[C@@H](Cc1ccccc1)NC(=O)COC(=O)CSc1ccccc1F. The van der Waals surface area contributed by atoms with Crippen molar-refractivity contribution in [3.8, 4) is 0 Å². The summed E-state index contributed by atoms with van der Waals surface area (Å²) >= 11 is 0.992. The first-order valence-corrected chi connectivity index (χ1v) is 9.31. The van der Waals surface area contributed by atoms with E-state index >= 15 is 0 Å². The first-order chi connectivity index (χ1) is 13.0. The molecular formula is C20H20FNO4S.